The van der Waals surface area contributed by atoms with Crippen LogP contribution in [0, 0.1) is 13.8 Å². The topological polar surface area (TPSA) is 44.9 Å². The fourth-order valence-electron chi connectivity index (χ4n) is 2.04. The van der Waals surface area contributed by atoms with Crippen molar-refractivity contribution < 1.29 is 4.79 Å². The lowest BCUT2D eigenvalue weighted by atomic mass is 10.1. The molecule has 3 nitrogen and oxygen atoms in total. The molecule has 0 aliphatic carbocycles. The summed E-state index contributed by atoms with van der Waals surface area (Å²) >= 11 is 0. The van der Waals surface area contributed by atoms with E-state index in [9.17, 15) is 4.79 Å². The molecule has 0 saturated heterocycles. The minimum atomic E-state index is -0.0134. The molecule has 1 amide bonds. The normalized spacial score (nSPS) is 10.3. The summed E-state index contributed by atoms with van der Waals surface area (Å²) in [6, 6.07) is 11.4. The van der Waals surface area contributed by atoms with Gasteiger partial charge in [0.05, 0.1) is 0 Å². The van der Waals surface area contributed by atoms with Gasteiger partial charge in [-0.2, -0.15) is 0 Å². The maximum Gasteiger partial charge on any atom is 0.251 e. The van der Waals surface area contributed by atoms with Crippen LogP contribution in [-0.2, 0) is 6.42 Å². The van der Waals surface area contributed by atoms with Crippen molar-refractivity contribution in [2.75, 3.05) is 6.54 Å². The quantitative estimate of drug-likeness (QED) is 0.850. The Morgan fingerprint density at radius 2 is 1.94 bits per heavy atom. The zero-order valence-corrected chi connectivity index (χ0v) is 10.8. The second-order valence-electron chi connectivity index (χ2n) is 4.47. The highest BCUT2D eigenvalue weighted by atomic mass is 16.1. The highest BCUT2D eigenvalue weighted by Gasteiger charge is 2.05. The number of carbonyl (C=O) groups excluding carboxylic acids is 1. The van der Waals surface area contributed by atoms with Crippen molar-refractivity contribution >= 4 is 5.91 Å². The maximum absolute atomic E-state index is 11.8. The number of aromatic nitrogens is 1. The summed E-state index contributed by atoms with van der Waals surface area (Å²) in [6.07, 6.45) is 0.856. The monoisotopic (exact) mass is 242 g/mol. The molecule has 0 saturated carbocycles. The SMILES string of the molecule is Cc1cc(CCNC(=O)c2ccccc2)c(C)[nH]1. The van der Waals surface area contributed by atoms with E-state index >= 15 is 0 Å². The number of hydrogen-bond donors (Lipinski definition) is 2. The Balaban J connectivity index is 1.86. The smallest absolute Gasteiger partial charge is 0.251 e. The first kappa shape index (κ1) is 12.4. The van der Waals surface area contributed by atoms with Crippen LogP contribution in [-0.4, -0.2) is 17.4 Å². The van der Waals surface area contributed by atoms with E-state index in [0.29, 0.717) is 12.1 Å². The van der Waals surface area contributed by atoms with Gasteiger partial charge in [0.2, 0.25) is 0 Å². The van der Waals surface area contributed by atoms with Gasteiger partial charge in [-0.15, -0.1) is 0 Å². The van der Waals surface area contributed by atoms with Crippen molar-refractivity contribution in [1.82, 2.24) is 10.3 Å². The van der Waals surface area contributed by atoms with Crippen LogP contribution in [0.15, 0.2) is 36.4 Å². The minimum absolute atomic E-state index is 0.0134. The zero-order chi connectivity index (χ0) is 13.0. The molecule has 1 aromatic heterocycles. The second kappa shape index (κ2) is 5.54. The number of aryl methyl sites for hydroxylation is 2. The Hall–Kier alpha value is -2.03. The lowest BCUT2D eigenvalue weighted by molar-refractivity contribution is 0.0954. The Bertz CT molecular complexity index is 529. The molecule has 0 atom stereocenters. The van der Waals surface area contributed by atoms with E-state index in [0.717, 1.165) is 12.1 Å². The predicted molar refractivity (Wildman–Crippen MR) is 72.7 cm³/mol. The molecule has 2 N–H and O–H groups in total. The standard InChI is InChI=1S/C15H18N2O/c1-11-10-14(12(2)17-11)8-9-16-15(18)13-6-4-3-5-7-13/h3-7,10,17H,8-9H2,1-2H3,(H,16,18). The molecule has 1 heterocycles. The number of amides is 1. The first-order valence-corrected chi connectivity index (χ1v) is 6.15. The summed E-state index contributed by atoms with van der Waals surface area (Å²) < 4.78 is 0. The average Bonchev–Trinajstić information content (AvgIpc) is 2.69. The van der Waals surface area contributed by atoms with Crippen LogP contribution in [0.5, 0.6) is 0 Å². The number of carbonyl (C=O) groups is 1. The first-order valence-electron chi connectivity index (χ1n) is 6.15. The van der Waals surface area contributed by atoms with Crippen LogP contribution in [0.2, 0.25) is 0 Å². The fourth-order valence-corrected chi connectivity index (χ4v) is 2.04. The molecule has 1 aromatic carbocycles. The van der Waals surface area contributed by atoms with Crippen molar-refractivity contribution in [2.24, 2.45) is 0 Å². The molecule has 0 unspecified atom stereocenters. The summed E-state index contributed by atoms with van der Waals surface area (Å²) in [6.45, 7) is 4.76. The Morgan fingerprint density at radius 1 is 1.22 bits per heavy atom. The van der Waals surface area contributed by atoms with Gasteiger partial charge in [-0.25, -0.2) is 0 Å². The molecule has 0 spiro atoms. The molecular weight excluding hydrogens is 224 g/mol. The van der Waals surface area contributed by atoms with Gasteiger partial charge in [-0.3, -0.25) is 4.79 Å². The molecule has 18 heavy (non-hydrogen) atoms. The van der Waals surface area contributed by atoms with E-state index in [-0.39, 0.29) is 5.91 Å². The van der Waals surface area contributed by atoms with E-state index < -0.39 is 0 Å². The zero-order valence-electron chi connectivity index (χ0n) is 10.8. The van der Waals surface area contributed by atoms with E-state index in [4.69, 9.17) is 0 Å². The Labute approximate surface area is 107 Å². The molecule has 94 valence electrons. The van der Waals surface area contributed by atoms with Gasteiger partial charge in [0.25, 0.3) is 5.91 Å². The van der Waals surface area contributed by atoms with Crippen molar-refractivity contribution in [3.8, 4) is 0 Å². The molecule has 0 radical (unpaired) electrons. The molecule has 0 aliphatic rings. The lowest BCUT2D eigenvalue weighted by Gasteiger charge is -2.04. The van der Waals surface area contributed by atoms with Crippen LogP contribution in [0.3, 0.4) is 0 Å². The van der Waals surface area contributed by atoms with Gasteiger partial charge < -0.3 is 10.3 Å². The first-order chi connectivity index (χ1) is 8.66. The lowest BCUT2D eigenvalue weighted by Crippen LogP contribution is -2.25. The summed E-state index contributed by atoms with van der Waals surface area (Å²) in [5.41, 5.74) is 4.32. The third-order valence-electron chi connectivity index (χ3n) is 2.97. The number of H-pyrrole nitrogens is 1. The predicted octanol–water partition coefficient (Wildman–Crippen LogP) is 2.60. The van der Waals surface area contributed by atoms with Gasteiger partial charge in [0, 0.05) is 23.5 Å². The highest BCUT2D eigenvalue weighted by molar-refractivity contribution is 5.94. The fraction of sp³-hybridized carbons (Fsp3) is 0.267. The Kier molecular flexibility index (Phi) is 3.82. The van der Waals surface area contributed by atoms with Gasteiger partial charge >= 0.3 is 0 Å². The van der Waals surface area contributed by atoms with Crippen molar-refractivity contribution in [2.45, 2.75) is 20.3 Å². The molecule has 2 rings (SSSR count). The van der Waals surface area contributed by atoms with Gasteiger partial charge in [-0.1, -0.05) is 18.2 Å². The van der Waals surface area contributed by atoms with E-state index in [1.54, 1.807) is 0 Å². The van der Waals surface area contributed by atoms with E-state index in [1.165, 1.54) is 11.3 Å². The van der Waals surface area contributed by atoms with Crippen LogP contribution in [0.25, 0.3) is 0 Å². The maximum atomic E-state index is 11.8. The molecular formula is C15H18N2O. The van der Waals surface area contributed by atoms with Gasteiger partial charge in [0.15, 0.2) is 0 Å². The molecule has 2 aromatic rings. The highest BCUT2D eigenvalue weighted by Crippen LogP contribution is 2.09. The number of hydrogen-bond acceptors (Lipinski definition) is 1. The molecule has 0 bridgehead atoms. The van der Waals surface area contributed by atoms with Crippen molar-refractivity contribution in [3.05, 3.63) is 58.9 Å². The van der Waals surface area contributed by atoms with Crippen LogP contribution in [0.4, 0.5) is 0 Å². The molecule has 0 fully saturated rings. The number of rotatable bonds is 4. The third-order valence-corrected chi connectivity index (χ3v) is 2.97. The number of aromatic amines is 1. The second-order valence-corrected chi connectivity index (χ2v) is 4.47. The van der Waals surface area contributed by atoms with E-state index in [1.807, 2.05) is 37.3 Å². The van der Waals surface area contributed by atoms with Crippen molar-refractivity contribution in [1.29, 1.82) is 0 Å². The average molecular weight is 242 g/mol. The molecule has 0 aliphatic heterocycles. The van der Waals surface area contributed by atoms with E-state index in [2.05, 4.69) is 23.3 Å². The largest absolute Gasteiger partial charge is 0.362 e. The Morgan fingerprint density at radius 3 is 2.56 bits per heavy atom. The third kappa shape index (κ3) is 3.00. The van der Waals surface area contributed by atoms with Crippen LogP contribution < -0.4 is 5.32 Å². The summed E-state index contributed by atoms with van der Waals surface area (Å²) in [7, 11) is 0. The van der Waals surface area contributed by atoms with Crippen molar-refractivity contribution in [3.63, 3.8) is 0 Å². The summed E-state index contributed by atoms with van der Waals surface area (Å²) in [5, 5.41) is 2.93. The van der Waals surface area contributed by atoms with Gasteiger partial charge in [0.1, 0.15) is 0 Å². The number of nitrogens with one attached hydrogen (secondary N) is 2. The summed E-state index contributed by atoms with van der Waals surface area (Å²) in [5.74, 6) is -0.0134. The molecule has 3 heteroatoms. The summed E-state index contributed by atoms with van der Waals surface area (Å²) in [4.78, 5) is 15.1. The number of benzene rings is 1. The van der Waals surface area contributed by atoms with Crippen LogP contribution >= 0.6 is 0 Å². The van der Waals surface area contributed by atoms with Gasteiger partial charge in [-0.05, 0) is 44.0 Å². The minimum Gasteiger partial charge on any atom is -0.362 e. The van der Waals surface area contributed by atoms with Crippen LogP contribution in [0.1, 0.15) is 27.3 Å².